The molecule has 0 aliphatic heterocycles. The normalized spacial score (nSPS) is 13.4. The van der Waals surface area contributed by atoms with Crippen molar-refractivity contribution in [1.82, 2.24) is 10.2 Å². The minimum Gasteiger partial charge on any atom is -0.493 e. The van der Waals surface area contributed by atoms with Gasteiger partial charge in [0.25, 0.3) is 11.6 Å². The first-order valence-electron chi connectivity index (χ1n) is 7.08. The molecule has 1 aliphatic rings. The van der Waals surface area contributed by atoms with Crippen LogP contribution in [0.2, 0.25) is 0 Å². The van der Waals surface area contributed by atoms with Gasteiger partial charge in [-0.1, -0.05) is 11.3 Å². The number of carbonyl (C=O) groups is 1. The number of amides is 1. The molecule has 1 heterocycles. The van der Waals surface area contributed by atoms with Gasteiger partial charge in [0.2, 0.25) is 5.13 Å². The van der Waals surface area contributed by atoms with E-state index in [0.717, 1.165) is 23.9 Å². The molecule has 1 aromatic heterocycles. The maximum atomic E-state index is 12.4. The molecule has 1 N–H and O–H groups in total. The van der Waals surface area contributed by atoms with Crippen LogP contribution in [0.15, 0.2) is 12.1 Å². The van der Waals surface area contributed by atoms with Gasteiger partial charge in [-0.15, -0.1) is 10.2 Å². The van der Waals surface area contributed by atoms with Crippen molar-refractivity contribution in [2.45, 2.75) is 18.8 Å². The summed E-state index contributed by atoms with van der Waals surface area (Å²) in [4.78, 5) is 23.0. The molecule has 3 rings (SSSR count). The monoisotopic (exact) mass is 350 g/mol. The minimum absolute atomic E-state index is 0.138. The number of methoxy groups -OCH3 is 2. The maximum Gasteiger partial charge on any atom is 0.286 e. The van der Waals surface area contributed by atoms with E-state index >= 15 is 0 Å². The Labute approximate surface area is 140 Å². The van der Waals surface area contributed by atoms with Gasteiger partial charge in [-0.3, -0.25) is 20.2 Å². The van der Waals surface area contributed by atoms with E-state index in [1.54, 1.807) is 0 Å². The van der Waals surface area contributed by atoms with Crippen molar-refractivity contribution < 1.29 is 19.2 Å². The van der Waals surface area contributed by atoms with Crippen molar-refractivity contribution in [2.24, 2.45) is 0 Å². The molecular weight excluding hydrogens is 336 g/mol. The van der Waals surface area contributed by atoms with Gasteiger partial charge in [-0.25, -0.2) is 0 Å². The third kappa shape index (κ3) is 3.13. The smallest absolute Gasteiger partial charge is 0.286 e. The Balaban J connectivity index is 1.90. The molecule has 0 radical (unpaired) electrons. The topological polar surface area (TPSA) is 116 Å². The fourth-order valence-electron chi connectivity index (χ4n) is 2.15. The predicted molar refractivity (Wildman–Crippen MR) is 86.0 cm³/mol. The molecule has 1 aromatic carbocycles. The molecule has 2 aromatic rings. The van der Waals surface area contributed by atoms with E-state index in [9.17, 15) is 14.9 Å². The van der Waals surface area contributed by atoms with E-state index in [-0.39, 0.29) is 22.7 Å². The highest BCUT2D eigenvalue weighted by molar-refractivity contribution is 7.15. The number of nitro benzene ring substituents is 1. The second-order valence-electron chi connectivity index (χ2n) is 5.16. The number of rotatable bonds is 6. The molecule has 10 heteroatoms. The lowest BCUT2D eigenvalue weighted by Crippen LogP contribution is -2.14. The molecule has 0 saturated heterocycles. The first kappa shape index (κ1) is 16.1. The molecule has 9 nitrogen and oxygen atoms in total. The SMILES string of the molecule is COc1cc(C(=O)Nc2nnc(C3CC3)s2)c([N+](=O)[O-])cc1OC. The Bertz CT molecular complexity index is 802. The number of ether oxygens (including phenoxy) is 2. The van der Waals surface area contributed by atoms with Crippen molar-refractivity contribution in [3.05, 3.63) is 32.8 Å². The summed E-state index contributed by atoms with van der Waals surface area (Å²) in [6.07, 6.45) is 2.15. The number of anilines is 1. The van der Waals surface area contributed by atoms with Gasteiger partial charge in [-0.05, 0) is 12.8 Å². The summed E-state index contributed by atoms with van der Waals surface area (Å²) >= 11 is 1.28. The molecule has 1 fully saturated rings. The highest BCUT2D eigenvalue weighted by Gasteiger charge is 2.29. The van der Waals surface area contributed by atoms with Crippen molar-refractivity contribution in [3.8, 4) is 11.5 Å². The van der Waals surface area contributed by atoms with Gasteiger partial charge in [0.1, 0.15) is 10.6 Å². The molecular formula is C14H14N4O5S. The first-order valence-corrected chi connectivity index (χ1v) is 7.90. The van der Waals surface area contributed by atoms with Crippen molar-refractivity contribution in [3.63, 3.8) is 0 Å². The third-order valence-corrected chi connectivity index (χ3v) is 4.53. The van der Waals surface area contributed by atoms with Gasteiger partial charge < -0.3 is 9.47 Å². The summed E-state index contributed by atoms with van der Waals surface area (Å²) < 4.78 is 10.1. The zero-order chi connectivity index (χ0) is 17.3. The van der Waals surface area contributed by atoms with Crippen LogP contribution in [0.4, 0.5) is 10.8 Å². The van der Waals surface area contributed by atoms with E-state index in [0.29, 0.717) is 11.0 Å². The van der Waals surface area contributed by atoms with Crippen LogP contribution in [0.5, 0.6) is 11.5 Å². The average Bonchev–Trinajstić information content (AvgIpc) is 3.33. The number of benzene rings is 1. The molecule has 1 saturated carbocycles. The van der Waals surface area contributed by atoms with Crippen LogP contribution in [0.3, 0.4) is 0 Å². The number of carbonyl (C=O) groups excluding carboxylic acids is 1. The van der Waals surface area contributed by atoms with E-state index in [1.807, 2.05) is 0 Å². The predicted octanol–water partition coefficient (Wildman–Crippen LogP) is 2.59. The highest BCUT2D eigenvalue weighted by atomic mass is 32.1. The van der Waals surface area contributed by atoms with Gasteiger partial charge in [0.05, 0.1) is 25.2 Å². The van der Waals surface area contributed by atoms with Crippen LogP contribution < -0.4 is 14.8 Å². The number of aromatic nitrogens is 2. The summed E-state index contributed by atoms with van der Waals surface area (Å²) in [6.45, 7) is 0. The van der Waals surface area contributed by atoms with Crippen LogP contribution in [-0.2, 0) is 0 Å². The van der Waals surface area contributed by atoms with E-state index in [4.69, 9.17) is 9.47 Å². The molecule has 126 valence electrons. The van der Waals surface area contributed by atoms with Crippen LogP contribution in [-0.4, -0.2) is 35.2 Å². The highest BCUT2D eigenvalue weighted by Crippen LogP contribution is 2.42. The molecule has 0 atom stereocenters. The number of nitrogens with one attached hydrogen (secondary N) is 1. The fourth-order valence-corrected chi connectivity index (χ4v) is 3.05. The van der Waals surface area contributed by atoms with Gasteiger partial charge in [0.15, 0.2) is 11.5 Å². The minimum atomic E-state index is -0.652. The van der Waals surface area contributed by atoms with E-state index in [2.05, 4.69) is 15.5 Å². The number of hydrogen-bond acceptors (Lipinski definition) is 8. The molecule has 1 amide bonds. The second kappa shape index (κ2) is 6.40. The summed E-state index contributed by atoms with van der Waals surface area (Å²) in [6, 6.07) is 2.43. The third-order valence-electron chi connectivity index (χ3n) is 3.53. The zero-order valence-corrected chi connectivity index (χ0v) is 13.8. The van der Waals surface area contributed by atoms with E-state index in [1.165, 1.54) is 31.6 Å². The number of nitro groups is 1. The Morgan fingerprint density at radius 2 is 1.96 bits per heavy atom. The molecule has 1 aliphatic carbocycles. The standard InChI is InChI=1S/C14H14N4O5S/c1-22-10-5-8(9(18(20)21)6-11(10)23-2)12(19)15-14-17-16-13(24-14)7-3-4-7/h5-7H,3-4H2,1-2H3,(H,15,17,19). The van der Waals surface area contributed by atoms with Crippen LogP contribution in [0.1, 0.15) is 34.1 Å². The van der Waals surface area contributed by atoms with Gasteiger partial charge >= 0.3 is 0 Å². The molecule has 0 spiro atoms. The lowest BCUT2D eigenvalue weighted by molar-refractivity contribution is -0.385. The first-order chi connectivity index (χ1) is 11.5. The zero-order valence-electron chi connectivity index (χ0n) is 12.9. The summed E-state index contributed by atoms with van der Waals surface area (Å²) in [7, 11) is 2.75. The van der Waals surface area contributed by atoms with Crippen molar-refractivity contribution in [2.75, 3.05) is 19.5 Å². The maximum absolute atomic E-state index is 12.4. The summed E-state index contributed by atoms with van der Waals surface area (Å²) in [5.41, 5.74) is -0.516. The molecule has 0 bridgehead atoms. The number of hydrogen-bond donors (Lipinski definition) is 1. The summed E-state index contributed by atoms with van der Waals surface area (Å²) in [5, 5.41) is 22.9. The lowest BCUT2D eigenvalue weighted by Gasteiger charge is -2.10. The van der Waals surface area contributed by atoms with Crippen LogP contribution in [0, 0.1) is 10.1 Å². The van der Waals surface area contributed by atoms with Crippen LogP contribution in [0.25, 0.3) is 0 Å². The number of nitrogens with zero attached hydrogens (tertiary/aromatic N) is 3. The Morgan fingerprint density at radius 3 is 2.54 bits per heavy atom. The molecule has 0 unspecified atom stereocenters. The Kier molecular flexibility index (Phi) is 4.30. The van der Waals surface area contributed by atoms with Crippen molar-refractivity contribution in [1.29, 1.82) is 0 Å². The molecule has 24 heavy (non-hydrogen) atoms. The second-order valence-corrected chi connectivity index (χ2v) is 6.16. The van der Waals surface area contributed by atoms with Crippen LogP contribution >= 0.6 is 11.3 Å². The lowest BCUT2D eigenvalue weighted by atomic mass is 10.1. The summed E-state index contributed by atoms with van der Waals surface area (Å²) in [5.74, 6) is 0.168. The Morgan fingerprint density at radius 1 is 1.29 bits per heavy atom. The van der Waals surface area contributed by atoms with Crippen molar-refractivity contribution >= 4 is 28.1 Å². The van der Waals surface area contributed by atoms with Gasteiger partial charge in [0, 0.05) is 12.0 Å². The largest absolute Gasteiger partial charge is 0.493 e. The Hall–Kier alpha value is -2.75. The fraction of sp³-hybridized carbons (Fsp3) is 0.357. The van der Waals surface area contributed by atoms with E-state index < -0.39 is 10.8 Å². The quantitative estimate of drug-likeness (QED) is 0.628. The van der Waals surface area contributed by atoms with Gasteiger partial charge in [-0.2, -0.15) is 0 Å². The average molecular weight is 350 g/mol.